The zero-order valence-corrected chi connectivity index (χ0v) is 18.4. The highest BCUT2D eigenvalue weighted by molar-refractivity contribution is 8.01. The van der Waals surface area contributed by atoms with E-state index in [-0.39, 0.29) is 18.4 Å². The molecule has 1 N–H and O–H groups in total. The van der Waals surface area contributed by atoms with Crippen LogP contribution in [-0.4, -0.2) is 47.5 Å². The molecule has 0 saturated carbocycles. The Morgan fingerprint density at radius 3 is 2.56 bits per heavy atom. The summed E-state index contributed by atoms with van der Waals surface area (Å²) in [7, 11) is 0. The van der Waals surface area contributed by atoms with E-state index in [0.717, 1.165) is 30.6 Å². The Morgan fingerprint density at radius 1 is 1.06 bits per heavy atom. The highest BCUT2D eigenvalue weighted by Crippen LogP contribution is 2.39. The van der Waals surface area contributed by atoms with Gasteiger partial charge in [-0.3, -0.25) is 14.4 Å². The minimum Gasteiger partial charge on any atom is -0.341 e. The van der Waals surface area contributed by atoms with Crippen LogP contribution in [0, 0.1) is 11.3 Å². The number of nitrogens with zero attached hydrogens (tertiary/aromatic N) is 3. The molecule has 2 heterocycles. The molecule has 2 aliphatic rings. The molecule has 32 heavy (non-hydrogen) atoms. The molecule has 0 unspecified atom stereocenters. The number of carbonyl (C=O) groups excluding carboxylic acids is 3. The van der Waals surface area contributed by atoms with E-state index < -0.39 is 11.2 Å². The van der Waals surface area contributed by atoms with E-state index in [1.54, 1.807) is 35.2 Å². The number of anilines is 2. The number of nitrogens with one attached hydrogen (secondary N) is 1. The summed E-state index contributed by atoms with van der Waals surface area (Å²) in [4.78, 5) is 43.4. The number of likely N-dealkylation sites (tertiary alicyclic amines) is 1. The SMILES string of the molecule is N#Cc1cccc(NC(=O)CN2C(=O)[C@H](C(=O)N3CCCCCC3)Sc3ccccc32)c1. The first-order chi connectivity index (χ1) is 15.6. The van der Waals surface area contributed by atoms with Crippen LogP contribution < -0.4 is 10.2 Å². The minimum absolute atomic E-state index is 0.177. The molecule has 164 valence electrons. The number of amides is 3. The quantitative estimate of drug-likeness (QED) is 0.724. The van der Waals surface area contributed by atoms with Crippen LogP contribution in [0.5, 0.6) is 0 Å². The molecule has 0 radical (unpaired) electrons. The summed E-state index contributed by atoms with van der Waals surface area (Å²) in [6.45, 7) is 1.12. The van der Waals surface area contributed by atoms with Crippen LogP contribution in [0.2, 0.25) is 0 Å². The van der Waals surface area contributed by atoms with Crippen LogP contribution in [0.15, 0.2) is 53.4 Å². The molecular formula is C24H24N4O3S. The van der Waals surface area contributed by atoms with Crippen LogP contribution in [0.25, 0.3) is 0 Å². The van der Waals surface area contributed by atoms with Gasteiger partial charge in [0.1, 0.15) is 6.54 Å². The van der Waals surface area contributed by atoms with E-state index in [1.807, 2.05) is 24.3 Å². The minimum atomic E-state index is -0.891. The standard InChI is InChI=1S/C24H24N4O3S/c25-15-17-8-7-9-18(14-17)26-21(29)16-28-19-10-3-4-11-20(19)32-22(24(28)31)23(30)27-12-5-1-2-6-13-27/h3-4,7-11,14,22H,1-2,5-6,12-13,16H2,(H,26,29)/t22-/m0/s1. The maximum atomic E-state index is 13.4. The second kappa shape index (κ2) is 9.88. The lowest BCUT2D eigenvalue weighted by molar-refractivity contribution is -0.135. The van der Waals surface area contributed by atoms with Gasteiger partial charge in [0.05, 0.1) is 17.3 Å². The topological polar surface area (TPSA) is 93.5 Å². The summed E-state index contributed by atoms with van der Waals surface area (Å²) in [6.07, 6.45) is 4.08. The van der Waals surface area contributed by atoms with Crippen LogP contribution in [-0.2, 0) is 14.4 Å². The third kappa shape index (κ3) is 4.78. The molecule has 1 atom stereocenters. The highest BCUT2D eigenvalue weighted by Gasteiger charge is 2.40. The Labute approximate surface area is 191 Å². The second-order valence-electron chi connectivity index (χ2n) is 7.87. The number of fused-ring (bicyclic) bond motifs is 1. The summed E-state index contributed by atoms with van der Waals surface area (Å²) in [5.41, 5.74) is 1.54. The van der Waals surface area contributed by atoms with Crippen molar-refractivity contribution in [3.05, 3.63) is 54.1 Å². The lowest BCUT2D eigenvalue weighted by atomic mass is 10.2. The number of para-hydroxylation sites is 1. The van der Waals surface area contributed by atoms with Gasteiger partial charge in [-0.05, 0) is 43.2 Å². The summed E-state index contributed by atoms with van der Waals surface area (Å²) >= 11 is 1.26. The number of thioether (sulfide) groups is 1. The van der Waals surface area contributed by atoms with Crippen molar-refractivity contribution < 1.29 is 14.4 Å². The maximum absolute atomic E-state index is 13.4. The molecule has 0 aromatic heterocycles. The van der Waals surface area contributed by atoms with E-state index in [1.165, 1.54) is 16.7 Å². The summed E-state index contributed by atoms with van der Waals surface area (Å²) in [5, 5.41) is 10.9. The van der Waals surface area contributed by atoms with Crippen molar-refractivity contribution in [3.63, 3.8) is 0 Å². The Bertz CT molecular complexity index is 1070. The van der Waals surface area contributed by atoms with E-state index >= 15 is 0 Å². The zero-order valence-electron chi connectivity index (χ0n) is 17.6. The molecule has 4 rings (SSSR count). The predicted octanol–water partition coefficient (Wildman–Crippen LogP) is 3.41. The molecular weight excluding hydrogens is 424 g/mol. The Kier molecular flexibility index (Phi) is 6.76. The van der Waals surface area contributed by atoms with Gasteiger partial charge in [0, 0.05) is 23.7 Å². The van der Waals surface area contributed by atoms with E-state index in [2.05, 4.69) is 5.32 Å². The van der Waals surface area contributed by atoms with Crippen molar-refractivity contribution >= 4 is 40.9 Å². The molecule has 0 bridgehead atoms. The zero-order chi connectivity index (χ0) is 22.5. The van der Waals surface area contributed by atoms with Crippen LogP contribution in [0.3, 0.4) is 0 Å². The number of benzene rings is 2. The lowest BCUT2D eigenvalue weighted by Crippen LogP contribution is -2.51. The number of hydrogen-bond donors (Lipinski definition) is 1. The molecule has 2 aromatic carbocycles. The van der Waals surface area contributed by atoms with E-state index in [0.29, 0.717) is 30.0 Å². The van der Waals surface area contributed by atoms with Crippen LogP contribution in [0.4, 0.5) is 11.4 Å². The molecule has 0 aliphatic carbocycles. The molecule has 8 heteroatoms. The average Bonchev–Trinajstić information content (AvgIpc) is 3.10. The maximum Gasteiger partial charge on any atom is 0.250 e. The smallest absolute Gasteiger partial charge is 0.250 e. The predicted molar refractivity (Wildman–Crippen MR) is 123 cm³/mol. The van der Waals surface area contributed by atoms with Crippen molar-refractivity contribution in [2.45, 2.75) is 35.8 Å². The fraction of sp³-hybridized carbons (Fsp3) is 0.333. The van der Waals surface area contributed by atoms with Gasteiger partial charge >= 0.3 is 0 Å². The number of carbonyl (C=O) groups is 3. The van der Waals surface area contributed by atoms with Crippen molar-refractivity contribution in [1.82, 2.24) is 4.90 Å². The van der Waals surface area contributed by atoms with Crippen molar-refractivity contribution in [1.29, 1.82) is 5.26 Å². The second-order valence-corrected chi connectivity index (χ2v) is 9.02. The van der Waals surface area contributed by atoms with E-state index in [4.69, 9.17) is 5.26 Å². The Hall–Kier alpha value is -3.31. The van der Waals surface area contributed by atoms with Gasteiger partial charge in [-0.1, -0.05) is 31.0 Å². The van der Waals surface area contributed by atoms with Gasteiger partial charge in [0.15, 0.2) is 5.25 Å². The highest BCUT2D eigenvalue weighted by atomic mass is 32.2. The first-order valence-electron chi connectivity index (χ1n) is 10.7. The molecule has 7 nitrogen and oxygen atoms in total. The van der Waals surface area contributed by atoms with Gasteiger partial charge in [-0.2, -0.15) is 5.26 Å². The van der Waals surface area contributed by atoms with E-state index in [9.17, 15) is 14.4 Å². The van der Waals surface area contributed by atoms with Gasteiger partial charge in [0.2, 0.25) is 11.8 Å². The Morgan fingerprint density at radius 2 is 1.81 bits per heavy atom. The van der Waals surface area contributed by atoms with Crippen molar-refractivity contribution in [2.75, 3.05) is 29.9 Å². The van der Waals surface area contributed by atoms with Crippen LogP contribution in [0.1, 0.15) is 31.2 Å². The fourth-order valence-corrected chi connectivity index (χ4v) is 5.19. The monoisotopic (exact) mass is 448 g/mol. The van der Waals surface area contributed by atoms with Crippen LogP contribution >= 0.6 is 11.8 Å². The first-order valence-corrected chi connectivity index (χ1v) is 11.6. The first kappa shape index (κ1) is 21.9. The largest absolute Gasteiger partial charge is 0.341 e. The summed E-state index contributed by atoms with van der Waals surface area (Å²) in [5.74, 6) is -0.941. The molecule has 1 fully saturated rings. The number of nitriles is 1. The molecule has 1 saturated heterocycles. The summed E-state index contributed by atoms with van der Waals surface area (Å²) in [6, 6.07) is 16.0. The molecule has 2 aromatic rings. The number of rotatable bonds is 4. The van der Waals surface area contributed by atoms with Gasteiger partial charge in [0.25, 0.3) is 5.91 Å². The van der Waals surface area contributed by atoms with Gasteiger partial charge in [-0.25, -0.2) is 0 Å². The summed E-state index contributed by atoms with van der Waals surface area (Å²) < 4.78 is 0. The molecule has 3 amide bonds. The lowest BCUT2D eigenvalue weighted by Gasteiger charge is -2.34. The molecule has 2 aliphatic heterocycles. The van der Waals surface area contributed by atoms with Gasteiger partial charge in [-0.15, -0.1) is 11.8 Å². The normalized spacial score (nSPS) is 18.3. The third-order valence-corrected chi connectivity index (χ3v) is 6.85. The van der Waals surface area contributed by atoms with Crippen molar-refractivity contribution in [3.8, 4) is 6.07 Å². The molecule has 0 spiro atoms. The Balaban J connectivity index is 1.54. The third-order valence-electron chi connectivity index (χ3n) is 5.61. The average molecular weight is 449 g/mol. The number of hydrogen-bond acceptors (Lipinski definition) is 5. The van der Waals surface area contributed by atoms with Gasteiger partial charge < -0.3 is 15.1 Å². The van der Waals surface area contributed by atoms with Crippen molar-refractivity contribution in [2.24, 2.45) is 0 Å². The fourth-order valence-electron chi connectivity index (χ4n) is 4.00.